The highest BCUT2D eigenvalue weighted by Crippen LogP contribution is 2.42. The van der Waals surface area contributed by atoms with Crippen molar-refractivity contribution in [2.24, 2.45) is 0 Å². The molecule has 1 heterocycles. The van der Waals surface area contributed by atoms with E-state index in [1.54, 1.807) is 6.07 Å². The van der Waals surface area contributed by atoms with E-state index in [0.29, 0.717) is 4.90 Å². The molecule has 0 fully saturated rings. The summed E-state index contributed by atoms with van der Waals surface area (Å²) in [6.07, 6.45) is -4.47. The van der Waals surface area contributed by atoms with Crippen LogP contribution in [-0.2, 0) is 0 Å². The predicted molar refractivity (Wildman–Crippen MR) is 52.0 cm³/mol. The fourth-order valence-electron chi connectivity index (χ4n) is 1.77. The zero-order valence-electron chi connectivity index (χ0n) is 8.38. The maximum Gasteiger partial charge on any atom is 0.413 e. The number of alkyl halides is 3. The minimum absolute atomic E-state index is 0.0668. The molecule has 0 aliphatic carbocycles. The number of halogens is 3. The van der Waals surface area contributed by atoms with Crippen molar-refractivity contribution in [1.82, 2.24) is 4.90 Å². The Morgan fingerprint density at radius 3 is 2.56 bits per heavy atom. The van der Waals surface area contributed by atoms with Crippen LogP contribution in [0.1, 0.15) is 11.6 Å². The van der Waals surface area contributed by atoms with Gasteiger partial charge in [-0.15, -0.1) is 0 Å². The highest BCUT2D eigenvalue weighted by molar-refractivity contribution is 5.92. The molecule has 0 radical (unpaired) electrons. The van der Waals surface area contributed by atoms with E-state index < -0.39 is 18.2 Å². The molecule has 1 aliphatic heterocycles. The SMILES string of the molecule is CN1C(=O)Nc2ccccc2C1C(F)(F)F. The van der Waals surface area contributed by atoms with E-state index in [1.165, 1.54) is 18.2 Å². The smallest absolute Gasteiger partial charge is 0.311 e. The second-order valence-electron chi connectivity index (χ2n) is 3.57. The van der Waals surface area contributed by atoms with E-state index in [4.69, 9.17) is 0 Å². The lowest BCUT2D eigenvalue weighted by molar-refractivity contribution is -0.175. The second kappa shape index (κ2) is 3.40. The molecule has 16 heavy (non-hydrogen) atoms. The highest BCUT2D eigenvalue weighted by Gasteiger charge is 2.48. The standard InChI is InChI=1S/C10H9F3N2O/c1-15-8(10(11,12)13)6-4-2-3-5-7(6)14-9(15)16/h2-5,8H,1H3,(H,14,16). The van der Waals surface area contributed by atoms with Gasteiger partial charge in [-0.05, 0) is 6.07 Å². The van der Waals surface area contributed by atoms with Crippen molar-refractivity contribution in [3.8, 4) is 0 Å². The number of carbonyl (C=O) groups excluding carboxylic acids is 1. The topological polar surface area (TPSA) is 32.3 Å². The Morgan fingerprint density at radius 2 is 1.94 bits per heavy atom. The lowest BCUT2D eigenvalue weighted by Crippen LogP contribution is -2.45. The first kappa shape index (κ1) is 10.8. The number of amides is 2. The third-order valence-electron chi connectivity index (χ3n) is 2.51. The van der Waals surface area contributed by atoms with E-state index in [2.05, 4.69) is 5.32 Å². The van der Waals surface area contributed by atoms with Crippen molar-refractivity contribution < 1.29 is 18.0 Å². The number of nitrogens with zero attached hydrogens (tertiary/aromatic N) is 1. The average molecular weight is 230 g/mol. The first-order valence-corrected chi connectivity index (χ1v) is 4.60. The van der Waals surface area contributed by atoms with Crippen molar-refractivity contribution in [3.05, 3.63) is 29.8 Å². The van der Waals surface area contributed by atoms with E-state index in [-0.39, 0.29) is 11.3 Å². The maximum absolute atomic E-state index is 12.8. The van der Waals surface area contributed by atoms with Gasteiger partial charge < -0.3 is 10.2 Å². The number of benzene rings is 1. The van der Waals surface area contributed by atoms with Crippen molar-refractivity contribution >= 4 is 11.7 Å². The number of hydrogen-bond acceptors (Lipinski definition) is 1. The van der Waals surface area contributed by atoms with Crippen LogP contribution < -0.4 is 5.32 Å². The number of carbonyl (C=O) groups is 1. The van der Waals surface area contributed by atoms with Gasteiger partial charge >= 0.3 is 12.2 Å². The summed E-state index contributed by atoms with van der Waals surface area (Å²) in [5.41, 5.74) is 0.282. The van der Waals surface area contributed by atoms with Crippen LogP contribution in [0.25, 0.3) is 0 Å². The van der Waals surface area contributed by atoms with E-state index in [0.717, 1.165) is 7.05 Å². The lowest BCUT2D eigenvalue weighted by Gasteiger charge is -2.35. The monoisotopic (exact) mass is 230 g/mol. The number of fused-ring (bicyclic) bond motifs is 1. The lowest BCUT2D eigenvalue weighted by atomic mass is 10.0. The molecule has 1 aromatic carbocycles. The van der Waals surface area contributed by atoms with Gasteiger partial charge in [-0.3, -0.25) is 0 Å². The summed E-state index contributed by atoms with van der Waals surface area (Å²) >= 11 is 0. The molecule has 86 valence electrons. The Morgan fingerprint density at radius 1 is 1.31 bits per heavy atom. The summed E-state index contributed by atoms with van der Waals surface area (Å²) in [5, 5.41) is 2.40. The zero-order valence-corrected chi connectivity index (χ0v) is 8.38. The van der Waals surface area contributed by atoms with Gasteiger partial charge in [0.05, 0.1) is 0 Å². The van der Waals surface area contributed by atoms with Crippen LogP contribution in [0.5, 0.6) is 0 Å². The molecule has 6 heteroatoms. The number of rotatable bonds is 0. The van der Waals surface area contributed by atoms with Crippen molar-refractivity contribution in [2.45, 2.75) is 12.2 Å². The van der Waals surface area contributed by atoms with Crippen LogP contribution in [0.2, 0.25) is 0 Å². The predicted octanol–water partition coefficient (Wildman–Crippen LogP) is 2.77. The van der Waals surface area contributed by atoms with Crippen LogP contribution in [0.15, 0.2) is 24.3 Å². The van der Waals surface area contributed by atoms with Crippen LogP contribution in [-0.4, -0.2) is 24.2 Å². The molecule has 0 spiro atoms. The number of hydrogen-bond donors (Lipinski definition) is 1. The number of para-hydroxylation sites is 1. The van der Waals surface area contributed by atoms with Gasteiger partial charge in [0, 0.05) is 18.3 Å². The quantitative estimate of drug-likeness (QED) is 0.730. The van der Waals surface area contributed by atoms with Gasteiger partial charge in [0.2, 0.25) is 0 Å². The third-order valence-corrected chi connectivity index (χ3v) is 2.51. The van der Waals surface area contributed by atoms with Crippen LogP contribution in [0, 0.1) is 0 Å². The molecule has 1 aliphatic rings. The second-order valence-corrected chi connectivity index (χ2v) is 3.57. The molecule has 1 aromatic rings. The Kier molecular flexibility index (Phi) is 2.29. The molecule has 3 nitrogen and oxygen atoms in total. The minimum Gasteiger partial charge on any atom is -0.311 e. The van der Waals surface area contributed by atoms with Gasteiger partial charge in [-0.2, -0.15) is 13.2 Å². The zero-order chi connectivity index (χ0) is 11.9. The fourth-order valence-corrected chi connectivity index (χ4v) is 1.77. The molecule has 0 saturated heterocycles. The number of anilines is 1. The average Bonchev–Trinajstić information content (AvgIpc) is 2.17. The van der Waals surface area contributed by atoms with E-state index >= 15 is 0 Å². The molecule has 0 bridgehead atoms. The minimum atomic E-state index is -4.47. The summed E-state index contributed by atoms with van der Waals surface area (Å²) in [6.45, 7) is 0. The number of urea groups is 1. The largest absolute Gasteiger partial charge is 0.413 e. The van der Waals surface area contributed by atoms with Gasteiger partial charge in [0.15, 0.2) is 6.04 Å². The van der Waals surface area contributed by atoms with E-state index in [9.17, 15) is 18.0 Å². The van der Waals surface area contributed by atoms with Crippen molar-refractivity contribution in [1.29, 1.82) is 0 Å². The first-order valence-electron chi connectivity index (χ1n) is 4.60. The molecule has 2 amide bonds. The Hall–Kier alpha value is -1.72. The first-order chi connectivity index (χ1) is 7.41. The molecule has 0 aromatic heterocycles. The summed E-state index contributed by atoms with van der Waals surface area (Å²) < 4.78 is 38.5. The molecule has 1 unspecified atom stereocenters. The Balaban J connectivity index is 2.55. The molecular formula is C10H9F3N2O. The maximum atomic E-state index is 12.8. The van der Waals surface area contributed by atoms with Gasteiger partial charge in [-0.1, -0.05) is 18.2 Å². The summed E-state index contributed by atoms with van der Waals surface area (Å²) in [7, 11) is 1.13. The van der Waals surface area contributed by atoms with Gasteiger partial charge in [-0.25, -0.2) is 4.79 Å². The summed E-state index contributed by atoms with van der Waals surface area (Å²) in [6, 6.07) is 3.29. The molecule has 0 saturated carbocycles. The molecule has 2 rings (SSSR count). The molecule has 1 atom stereocenters. The normalized spacial score (nSPS) is 20.4. The molecular weight excluding hydrogens is 221 g/mol. The molecule has 1 N–H and O–H groups in total. The van der Waals surface area contributed by atoms with E-state index in [1.807, 2.05) is 0 Å². The van der Waals surface area contributed by atoms with Crippen LogP contribution in [0.4, 0.5) is 23.7 Å². The van der Waals surface area contributed by atoms with Gasteiger partial charge in [0.1, 0.15) is 0 Å². The summed E-state index contributed by atoms with van der Waals surface area (Å²) in [4.78, 5) is 12.0. The summed E-state index contributed by atoms with van der Waals surface area (Å²) in [5.74, 6) is 0. The third kappa shape index (κ3) is 1.60. The van der Waals surface area contributed by atoms with Crippen LogP contribution >= 0.6 is 0 Å². The highest BCUT2D eigenvalue weighted by atomic mass is 19.4. The van der Waals surface area contributed by atoms with Crippen LogP contribution in [0.3, 0.4) is 0 Å². The number of nitrogens with one attached hydrogen (secondary N) is 1. The van der Waals surface area contributed by atoms with Crippen molar-refractivity contribution in [3.63, 3.8) is 0 Å². The Labute approximate surface area is 89.9 Å². The van der Waals surface area contributed by atoms with Crippen molar-refractivity contribution in [2.75, 3.05) is 12.4 Å². The fraction of sp³-hybridized carbons (Fsp3) is 0.300. The van der Waals surface area contributed by atoms with Gasteiger partial charge in [0.25, 0.3) is 0 Å². The Bertz CT molecular complexity index is 430.